The topological polar surface area (TPSA) is 72.8 Å². The molecule has 27 heavy (non-hydrogen) atoms. The largest absolute Gasteiger partial charge is 0.480 e. The maximum Gasteiger partial charge on any atom is 0.339 e. The van der Waals surface area contributed by atoms with Gasteiger partial charge in [-0.15, -0.1) is 0 Å². The van der Waals surface area contributed by atoms with E-state index in [1.807, 2.05) is 0 Å². The second-order valence-electron chi connectivity index (χ2n) is 7.14. The maximum absolute atomic E-state index is 14.5. The van der Waals surface area contributed by atoms with Crippen LogP contribution >= 0.6 is 0 Å². The first-order valence-corrected chi connectivity index (χ1v) is 7.92. The van der Waals surface area contributed by atoms with E-state index in [2.05, 4.69) is 0 Å². The Kier molecular flexibility index (Phi) is 5.26. The van der Waals surface area contributed by atoms with Crippen molar-refractivity contribution in [3.05, 3.63) is 34.6 Å². The van der Waals surface area contributed by atoms with Crippen LogP contribution in [0.5, 0.6) is 0 Å². The van der Waals surface area contributed by atoms with Gasteiger partial charge < -0.3 is 14.6 Å². The fraction of sp³-hybridized carbons (Fsp3) is 0.529. The number of carboxylic acids is 1. The molecule has 0 aliphatic carbocycles. The molecular weight excluding hydrogens is 379 g/mol. The lowest BCUT2D eigenvalue weighted by Crippen LogP contribution is -2.52. The number of carbonyl (C=O) groups is 2. The molecule has 1 N–H and O–H groups in total. The van der Waals surface area contributed by atoms with Crippen molar-refractivity contribution in [2.75, 3.05) is 0 Å². The number of carboxylic acid groups (broad SMARTS) is 1. The number of ether oxygens (including phenoxy) is 2. The number of rotatable bonds is 5. The lowest BCUT2D eigenvalue weighted by molar-refractivity contribution is -0.167. The van der Waals surface area contributed by atoms with Crippen LogP contribution in [0.1, 0.15) is 39.7 Å². The third-order valence-electron chi connectivity index (χ3n) is 4.18. The molecule has 2 rings (SSSR count). The SMILES string of the molecule is CC(C)C[C@@](C(=O)O)(c1c(F)c(F)c(F)c(F)c1F)[C@@H]1OC(C)(C)OC1=O. The van der Waals surface area contributed by atoms with Crippen LogP contribution < -0.4 is 0 Å². The van der Waals surface area contributed by atoms with Crippen molar-refractivity contribution in [2.45, 2.75) is 51.4 Å². The Morgan fingerprint density at radius 2 is 1.52 bits per heavy atom. The summed E-state index contributed by atoms with van der Waals surface area (Å²) in [6.07, 6.45) is -2.78. The van der Waals surface area contributed by atoms with E-state index in [0.29, 0.717) is 0 Å². The van der Waals surface area contributed by atoms with E-state index in [1.54, 1.807) is 0 Å². The summed E-state index contributed by atoms with van der Waals surface area (Å²) in [4.78, 5) is 24.4. The summed E-state index contributed by atoms with van der Waals surface area (Å²) < 4.78 is 80.0. The quantitative estimate of drug-likeness (QED) is 0.357. The molecule has 0 saturated carbocycles. The minimum Gasteiger partial charge on any atom is -0.480 e. The standard InChI is InChI=1S/C17H17F5O5/c1-6(2)5-17(15(24)25,13-14(23)27-16(3,4)26-13)7-8(18)10(20)12(22)11(21)9(7)19/h6,13H,5H2,1-4H3,(H,24,25)/t13-,17-/m1/s1. The lowest BCUT2D eigenvalue weighted by Gasteiger charge is -2.35. The van der Waals surface area contributed by atoms with Crippen LogP contribution in [0.15, 0.2) is 0 Å². The highest BCUT2D eigenvalue weighted by atomic mass is 19.2. The van der Waals surface area contributed by atoms with Crippen molar-refractivity contribution in [3.63, 3.8) is 0 Å². The molecule has 150 valence electrons. The van der Waals surface area contributed by atoms with Crippen molar-refractivity contribution >= 4 is 11.9 Å². The van der Waals surface area contributed by atoms with E-state index in [9.17, 15) is 36.6 Å². The zero-order valence-electron chi connectivity index (χ0n) is 14.8. The second-order valence-corrected chi connectivity index (χ2v) is 7.14. The second kappa shape index (κ2) is 6.74. The lowest BCUT2D eigenvalue weighted by atomic mass is 9.69. The van der Waals surface area contributed by atoms with Gasteiger partial charge in [-0.2, -0.15) is 0 Å². The number of hydrogen-bond acceptors (Lipinski definition) is 4. The highest BCUT2D eigenvalue weighted by Crippen LogP contribution is 2.45. The predicted octanol–water partition coefficient (Wildman–Crippen LogP) is 3.43. The van der Waals surface area contributed by atoms with Gasteiger partial charge in [0.1, 0.15) is 5.41 Å². The number of cyclic esters (lactones) is 1. The van der Waals surface area contributed by atoms with Crippen molar-refractivity contribution in [1.29, 1.82) is 0 Å². The first-order valence-electron chi connectivity index (χ1n) is 7.92. The minimum absolute atomic E-state index is 0.629. The smallest absolute Gasteiger partial charge is 0.339 e. The molecule has 10 heteroatoms. The Morgan fingerprint density at radius 3 is 1.85 bits per heavy atom. The minimum atomic E-state index is -2.90. The first-order chi connectivity index (χ1) is 12.3. The predicted molar refractivity (Wildman–Crippen MR) is 80.0 cm³/mol. The summed E-state index contributed by atoms with van der Waals surface area (Å²) >= 11 is 0. The molecule has 0 unspecified atom stereocenters. The molecule has 2 atom stereocenters. The van der Waals surface area contributed by atoms with E-state index < -0.39 is 76.2 Å². The molecule has 0 spiro atoms. The molecule has 5 nitrogen and oxygen atoms in total. The maximum atomic E-state index is 14.5. The van der Waals surface area contributed by atoms with Crippen LogP contribution in [-0.4, -0.2) is 28.9 Å². The Morgan fingerprint density at radius 1 is 1.07 bits per heavy atom. The van der Waals surface area contributed by atoms with Gasteiger partial charge in [0.05, 0.1) is 5.56 Å². The number of hydrogen-bond donors (Lipinski definition) is 1. The van der Waals surface area contributed by atoms with Crippen LogP contribution in [0.25, 0.3) is 0 Å². The summed E-state index contributed by atoms with van der Waals surface area (Å²) in [5.74, 6) is -17.3. The van der Waals surface area contributed by atoms with Gasteiger partial charge in [-0.25, -0.2) is 26.7 Å². The van der Waals surface area contributed by atoms with Crippen LogP contribution in [0.2, 0.25) is 0 Å². The average molecular weight is 396 g/mol. The molecule has 0 amide bonds. The molecule has 1 aromatic rings. The zero-order chi connectivity index (χ0) is 20.9. The molecule has 0 radical (unpaired) electrons. The Hall–Kier alpha value is -2.23. The summed E-state index contributed by atoms with van der Waals surface area (Å²) in [5.41, 5.74) is -4.54. The highest BCUT2D eigenvalue weighted by Gasteiger charge is 2.61. The van der Waals surface area contributed by atoms with Gasteiger partial charge in [-0.1, -0.05) is 13.8 Å². The molecule has 1 aliphatic heterocycles. The fourth-order valence-corrected chi connectivity index (χ4v) is 3.24. The third kappa shape index (κ3) is 3.26. The molecule has 1 fully saturated rings. The molecule has 0 bridgehead atoms. The molecular formula is C17H17F5O5. The Bertz CT molecular complexity index is 778. The van der Waals surface area contributed by atoms with E-state index in [0.717, 1.165) is 0 Å². The van der Waals surface area contributed by atoms with E-state index >= 15 is 0 Å². The molecule has 1 aliphatic rings. The van der Waals surface area contributed by atoms with Crippen LogP contribution in [0.4, 0.5) is 22.0 Å². The van der Waals surface area contributed by atoms with Crippen LogP contribution in [0, 0.1) is 35.0 Å². The summed E-state index contributed by atoms with van der Waals surface area (Å²) in [6, 6.07) is 0. The number of aliphatic carboxylic acids is 1. The number of esters is 1. The van der Waals surface area contributed by atoms with Gasteiger partial charge in [-0.05, 0) is 12.3 Å². The van der Waals surface area contributed by atoms with Gasteiger partial charge in [-0.3, -0.25) is 4.79 Å². The zero-order valence-corrected chi connectivity index (χ0v) is 14.8. The van der Waals surface area contributed by atoms with E-state index in [4.69, 9.17) is 9.47 Å². The van der Waals surface area contributed by atoms with Gasteiger partial charge >= 0.3 is 11.9 Å². The van der Waals surface area contributed by atoms with Crippen molar-refractivity contribution < 1.29 is 46.1 Å². The number of benzene rings is 1. The van der Waals surface area contributed by atoms with Gasteiger partial charge in [0.15, 0.2) is 29.4 Å². The highest BCUT2D eigenvalue weighted by molar-refractivity contribution is 5.92. The molecule has 0 aromatic heterocycles. The third-order valence-corrected chi connectivity index (χ3v) is 4.18. The van der Waals surface area contributed by atoms with Crippen LogP contribution in [-0.2, 0) is 24.5 Å². The summed E-state index contributed by atoms with van der Waals surface area (Å²) in [6.45, 7) is 5.39. The average Bonchev–Trinajstić information content (AvgIpc) is 2.82. The molecule has 1 saturated heterocycles. The van der Waals surface area contributed by atoms with Crippen molar-refractivity contribution in [3.8, 4) is 0 Å². The van der Waals surface area contributed by atoms with E-state index in [1.165, 1.54) is 27.7 Å². The van der Waals surface area contributed by atoms with Crippen molar-refractivity contribution in [1.82, 2.24) is 0 Å². The molecule has 1 heterocycles. The first kappa shape index (κ1) is 21.1. The van der Waals surface area contributed by atoms with Gasteiger partial charge in [0.25, 0.3) is 0 Å². The number of carbonyl (C=O) groups excluding carboxylic acids is 1. The monoisotopic (exact) mass is 396 g/mol. The van der Waals surface area contributed by atoms with Gasteiger partial charge in [0, 0.05) is 13.8 Å². The Labute approximate surface area is 151 Å². The van der Waals surface area contributed by atoms with Crippen molar-refractivity contribution in [2.24, 2.45) is 5.92 Å². The fourth-order valence-electron chi connectivity index (χ4n) is 3.24. The Balaban J connectivity index is 2.91. The normalized spacial score (nSPS) is 21.3. The van der Waals surface area contributed by atoms with Crippen LogP contribution in [0.3, 0.4) is 0 Å². The summed E-state index contributed by atoms with van der Waals surface area (Å²) in [5, 5.41) is 9.81. The number of halogens is 5. The van der Waals surface area contributed by atoms with Gasteiger partial charge in [0.2, 0.25) is 11.6 Å². The van der Waals surface area contributed by atoms with E-state index in [-0.39, 0.29) is 0 Å². The molecule has 1 aromatic carbocycles. The summed E-state index contributed by atoms with van der Waals surface area (Å²) in [7, 11) is 0.